The van der Waals surface area contributed by atoms with Gasteiger partial charge in [0, 0.05) is 43.4 Å². The van der Waals surface area contributed by atoms with Crippen LogP contribution < -0.4 is 5.32 Å². The summed E-state index contributed by atoms with van der Waals surface area (Å²) in [5.41, 5.74) is 4.38. The SMILES string of the molecule is Cc1ccc(CN2CCN(C(=O)Nc3cc(Cl)ccc3C)CC2)cc1. The van der Waals surface area contributed by atoms with Gasteiger partial charge in [-0.25, -0.2) is 4.79 Å². The summed E-state index contributed by atoms with van der Waals surface area (Å²) in [5, 5.41) is 3.60. The fourth-order valence-electron chi connectivity index (χ4n) is 2.98. The second-order valence-electron chi connectivity index (χ2n) is 6.64. The second kappa shape index (κ2) is 7.89. The maximum atomic E-state index is 12.5. The Morgan fingerprint density at radius 2 is 1.72 bits per heavy atom. The van der Waals surface area contributed by atoms with Gasteiger partial charge in [-0.2, -0.15) is 0 Å². The highest BCUT2D eigenvalue weighted by Crippen LogP contribution is 2.21. The van der Waals surface area contributed by atoms with E-state index in [0.29, 0.717) is 5.02 Å². The summed E-state index contributed by atoms with van der Waals surface area (Å²) in [6.45, 7) is 8.23. The van der Waals surface area contributed by atoms with Gasteiger partial charge >= 0.3 is 6.03 Å². The highest BCUT2D eigenvalue weighted by atomic mass is 35.5. The maximum absolute atomic E-state index is 12.5. The topological polar surface area (TPSA) is 35.6 Å². The Labute approximate surface area is 154 Å². The number of carbonyl (C=O) groups excluding carboxylic acids is 1. The normalized spacial score (nSPS) is 15.2. The summed E-state index contributed by atoms with van der Waals surface area (Å²) in [5.74, 6) is 0. The number of hydrogen-bond donors (Lipinski definition) is 1. The molecule has 132 valence electrons. The molecular formula is C20H24ClN3O. The summed E-state index contributed by atoms with van der Waals surface area (Å²) < 4.78 is 0. The minimum absolute atomic E-state index is 0.0552. The lowest BCUT2D eigenvalue weighted by Crippen LogP contribution is -2.49. The molecule has 0 atom stereocenters. The van der Waals surface area contributed by atoms with Crippen molar-refractivity contribution in [2.75, 3.05) is 31.5 Å². The van der Waals surface area contributed by atoms with Crippen LogP contribution in [0.5, 0.6) is 0 Å². The Balaban J connectivity index is 1.52. The van der Waals surface area contributed by atoms with Gasteiger partial charge < -0.3 is 10.2 Å². The fourth-order valence-corrected chi connectivity index (χ4v) is 3.16. The van der Waals surface area contributed by atoms with Gasteiger partial charge in [0.2, 0.25) is 0 Å². The average Bonchev–Trinajstić information content (AvgIpc) is 2.61. The predicted octanol–water partition coefficient (Wildman–Crippen LogP) is 4.31. The molecule has 0 unspecified atom stereocenters. The molecule has 0 spiro atoms. The number of halogens is 1. The first-order chi connectivity index (χ1) is 12.0. The quantitative estimate of drug-likeness (QED) is 0.888. The number of rotatable bonds is 3. The van der Waals surface area contributed by atoms with E-state index in [2.05, 4.69) is 41.4 Å². The van der Waals surface area contributed by atoms with Crippen LogP contribution in [0.3, 0.4) is 0 Å². The Morgan fingerprint density at radius 1 is 1.04 bits per heavy atom. The molecule has 1 aliphatic rings. The van der Waals surface area contributed by atoms with E-state index in [4.69, 9.17) is 11.6 Å². The molecule has 0 aromatic heterocycles. The van der Waals surface area contributed by atoms with Crippen LogP contribution in [0.15, 0.2) is 42.5 Å². The number of amides is 2. The standard InChI is InChI=1S/C20H24ClN3O/c1-15-3-6-17(7-4-15)14-23-9-11-24(12-10-23)20(25)22-19-13-18(21)8-5-16(19)2/h3-8,13H,9-12,14H2,1-2H3,(H,22,25). The van der Waals surface area contributed by atoms with E-state index in [1.807, 2.05) is 24.0 Å². The van der Waals surface area contributed by atoms with E-state index >= 15 is 0 Å². The molecule has 25 heavy (non-hydrogen) atoms. The molecule has 1 heterocycles. The van der Waals surface area contributed by atoms with Crippen LogP contribution in [-0.4, -0.2) is 42.0 Å². The molecule has 2 aromatic carbocycles. The Hall–Kier alpha value is -2.04. The third-order valence-electron chi connectivity index (χ3n) is 4.63. The number of aryl methyl sites for hydroxylation is 2. The van der Waals surface area contributed by atoms with Gasteiger partial charge in [0.05, 0.1) is 0 Å². The van der Waals surface area contributed by atoms with Gasteiger partial charge in [-0.05, 0) is 37.1 Å². The summed E-state index contributed by atoms with van der Waals surface area (Å²) >= 11 is 6.02. The van der Waals surface area contributed by atoms with Gasteiger partial charge in [-0.1, -0.05) is 47.5 Å². The van der Waals surface area contributed by atoms with Crippen molar-refractivity contribution in [1.29, 1.82) is 0 Å². The van der Waals surface area contributed by atoms with Crippen LogP contribution in [-0.2, 0) is 6.54 Å². The van der Waals surface area contributed by atoms with Gasteiger partial charge in [-0.15, -0.1) is 0 Å². The number of nitrogens with one attached hydrogen (secondary N) is 1. The second-order valence-corrected chi connectivity index (χ2v) is 7.07. The fraction of sp³-hybridized carbons (Fsp3) is 0.350. The third kappa shape index (κ3) is 4.74. The van der Waals surface area contributed by atoms with Crippen LogP contribution in [0.4, 0.5) is 10.5 Å². The summed E-state index contributed by atoms with van der Waals surface area (Å²) in [6, 6.07) is 14.1. The first-order valence-electron chi connectivity index (χ1n) is 8.61. The summed E-state index contributed by atoms with van der Waals surface area (Å²) in [6.07, 6.45) is 0. The number of benzene rings is 2. The summed E-state index contributed by atoms with van der Waals surface area (Å²) in [7, 11) is 0. The maximum Gasteiger partial charge on any atom is 0.321 e. The number of carbonyl (C=O) groups is 1. The van der Waals surface area contributed by atoms with Crippen molar-refractivity contribution in [3.63, 3.8) is 0 Å². The molecule has 2 amide bonds. The van der Waals surface area contributed by atoms with Crippen LogP contribution >= 0.6 is 11.6 Å². The van der Waals surface area contributed by atoms with E-state index < -0.39 is 0 Å². The Bertz CT molecular complexity index is 737. The molecule has 0 saturated carbocycles. The summed E-state index contributed by atoms with van der Waals surface area (Å²) in [4.78, 5) is 16.7. The number of nitrogens with zero attached hydrogens (tertiary/aromatic N) is 2. The zero-order valence-electron chi connectivity index (χ0n) is 14.8. The van der Waals surface area contributed by atoms with Crippen LogP contribution in [0.25, 0.3) is 0 Å². The lowest BCUT2D eigenvalue weighted by atomic mass is 10.1. The average molecular weight is 358 g/mol. The number of piperazine rings is 1. The Kier molecular flexibility index (Phi) is 5.61. The zero-order valence-corrected chi connectivity index (χ0v) is 15.5. The Morgan fingerprint density at radius 3 is 2.40 bits per heavy atom. The van der Waals surface area contributed by atoms with Crippen molar-refractivity contribution in [1.82, 2.24) is 9.80 Å². The smallest absolute Gasteiger partial charge is 0.321 e. The van der Waals surface area contributed by atoms with Crippen molar-refractivity contribution in [3.8, 4) is 0 Å². The van der Waals surface area contributed by atoms with Gasteiger partial charge in [0.1, 0.15) is 0 Å². The van der Waals surface area contributed by atoms with Gasteiger partial charge in [0.25, 0.3) is 0 Å². The van der Waals surface area contributed by atoms with Crippen LogP contribution in [0, 0.1) is 13.8 Å². The third-order valence-corrected chi connectivity index (χ3v) is 4.86. The highest BCUT2D eigenvalue weighted by Gasteiger charge is 2.21. The first kappa shape index (κ1) is 17.8. The lowest BCUT2D eigenvalue weighted by molar-refractivity contribution is 0.143. The molecule has 2 aromatic rings. The van der Waals surface area contributed by atoms with Crippen molar-refractivity contribution >= 4 is 23.3 Å². The number of anilines is 1. The van der Waals surface area contributed by atoms with Crippen molar-refractivity contribution in [3.05, 3.63) is 64.2 Å². The van der Waals surface area contributed by atoms with E-state index in [9.17, 15) is 4.79 Å². The largest absolute Gasteiger partial charge is 0.322 e. The van der Waals surface area contributed by atoms with Crippen molar-refractivity contribution < 1.29 is 4.79 Å². The number of hydrogen-bond acceptors (Lipinski definition) is 2. The molecular weight excluding hydrogens is 334 g/mol. The molecule has 1 fully saturated rings. The first-order valence-corrected chi connectivity index (χ1v) is 8.99. The molecule has 5 heteroatoms. The van der Waals surface area contributed by atoms with E-state index in [1.165, 1.54) is 11.1 Å². The highest BCUT2D eigenvalue weighted by molar-refractivity contribution is 6.31. The van der Waals surface area contributed by atoms with Crippen LogP contribution in [0.1, 0.15) is 16.7 Å². The van der Waals surface area contributed by atoms with E-state index in [1.54, 1.807) is 6.07 Å². The number of urea groups is 1. The van der Waals surface area contributed by atoms with Crippen molar-refractivity contribution in [2.45, 2.75) is 20.4 Å². The zero-order chi connectivity index (χ0) is 17.8. The molecule has 0 radical (unpaired) electrons. The lowest BCUT2D eigenvalue weighted by Gasteiger charge is -2.34. The van der Waals surface area contributed by atoms with E-state index in [-0.39, 0.29) is 6.03 Å². The van der Waals surface area contributed by atoms with Gasteiger partial charge in [0.15, 0.2) is 0 Å². The minimum Gasteiger partial charge on any atom is -0.322 e. The molecule has 1 saturated heterocycles. The molecule has 0 aliphatic carbocycles. The van der Waals surface area contributed by atoms with Crippen molar-refractivity contribution in [2.24, 2.45) is 0 Å². The van der Waals surface area contributed by atoms with E-state index in [0.717, 1.165) is 44.0 Å². The van der Waals surface area contributed by atoms with Crippen LogP contribution in [0.2, 0.25) is 5.02 Å². The monoisotopic (exact) mass is 357 g/mol. The molecule has 0 bridgehead atoms. The molecule has 4 nitrogen and oxygen atoms in total. The minimum atomic E-state index is -0.0552. The molecule has 1 aliphatic heterocycles. The predicted molar refractivity (Wildman–Crippen MR) is 103 cm³/mol. The molecule has 3 rings (SSSR count). The van der Waals surface area contributed by atoms with Gasteiger partial charge in [-0.3, -0.25) is 4.90 Å². The molecule has 1 N–H and O–H groups in total.